The van der Waals surface area contributed by atoms with Crippen LogP contribution in [0, 0.1) is 5.92 Å². The van der Waals surface area contributed by atoms with E-state index in [0.717, 1.165) is 12.1 Å². The number of rotatable bonds is 3. The van der Waals surface area contributed by atoms with Gasteiger partial charge in [0.25, 0.3) is 0 Å². The van der Waals surface area contributed by atoms with Gasteiger partial charge in [0.05, 0.1) is 29.8 Å². The summed E-state index contributed by atoms with van der Waals surface area (Å²) in [5, 5.41) is 3.22. The second kappa shape index (κ2) is 6.07. The van der Waals surface area contributed by atoms with Crippen molar-refractivity contribution in [3.05, 3.63) is 47.2 Å². The molecule has 2 aliphatic rings. The van der Waals surface area contributed by atoms with E-state index in [-0.39, 0.29) is 11.9 Å². The minimum atomic E-state index is -0.434. The molecule has 3 rings (SSSR count). The second-order valence-corrected chi connectivity index (χ2v) is 6.25. The summed E-state index contributed by atoms with van der Waals surface area (Å²) in [4.78, 5) is 25.1. The van der Waals surface area contributed by atoms with Crippen molar-refractivity contribution in [1.29, 1.82) is 0 Å². The Hall–Kier alpha value is -2.30. The van der Waals surface area contributed by atoms with Crippen molar-refractivity contribution < 1.29 is 18.7 Å². The number of furan rings is 1. The van der Waals surface area contributed by atoms with Gasteiger partial charge in [-0.2, -0.15) is 0 Å². The molecule has 0 saturated carbocycles. The first-order valence-corrected chi connectivity index (χ1v) is 7.94. The molecular weight excluding hydrogens is 294 g/mol. The average molecular weight is 315 g/mol. The third kappa shape index (κ3) is 2.83. The van der Waals surface area contributed by atoms with Crippen LogP contribution in [-0.2, 0) is 14.3 Å². The van der Waals surface area contributed by atoms with Crippen molar-refractivity contribution in [2.24, 2.45) is 5.92 Å². The summed E-state index contributed by atoms with van der Waals surface area (Å²) in [5.41, 5.74) is 2.06. The lowest BCUT2D eigenvalue weighted by molar-refractivity contribution is -0.143. The van der Waals surface area contributed by atoms with E-state index in [4.69, 9.17) is 9.15 Å². The second-order valence-electron chi connectivity index (χ2n) is 6.25. The number of nitrogens with one attached hydrogen (secondary N) is 1. The maximum atomic E-state index is 12.6. The van der Waals surface area contributed by atoms with Crippen LogP contribution < -0.4 is 5.32 Å². The van der Waals surface area contributed by atoms with Crippen LogP contribution in [0.15, 0.2) is 45.9 Å². The van der Waals surface area contributed by atoms with Crippen LogP contribution in [0.1, 0.15) is 45.3 Å². The molecule has 2 heterocycles. The Bertz CT molecular complexity index is 682. The zero-order valence-corrected chi connectivity index (χ0v) is 13.6. The van der Waals surface area contributed by atoms with Gasteiger partial charge in [-0.1, -0.05) is 6.08 Å². The molecule has 2 unspecified atom stereocenters. The van der Waals surface area contributed by atoms with Gasteiger partial charge in [-0.25, -0.2) is 4.79 Å². The Kier molecular flexibility index (Phi) is 4.11. The number of fused-ring (bicyclic) bond motifs is 1. The lowest BCUT2D eigenvalue weighted by atomic mass is 9.73. The summed E-state index contributed by atoms with van der Waals surface area (Å²) in [6.07, 6.45) is 4.59. The van der Waals surface area contributed by atoms with E-state index in [0.29, 0.717) is 23.5 Å². The maximum Gasteiger partial charge on any atom is 0.336 e. The summed E-state index contributed by atoms with van der Waals surface area (Å²) in [5.74, 6) is -0.500. The summed E-state index contributed by atoms with van der Waals surface area (Å²) >= 11 is 0. The fourth-order valence-corrected chi connectivity index (χ4v) is 3.34. The highest BCUT2D eigenvalue weighted by Crippen LogP contribution is 2.43. The predicted molar refractivity (Wildman–Crippen MR) is 84.3 cm³/mol. The molecule has 5 heteroatoms. The van der Waals surface area contributed by atoms with Crippen molar-refractivity contribution >= 4 is 11.8 Å². The summed E-state index contributed by atoms with van der Waals surface area (Å²) in [7, 11) is 0. The highest BCUT2D eigenvalue weighted by molar-refractivity contribution is 5.95. The van der Waals surface area contributed by atoms with Crippen LogP contribution in [0.2, 0.25) is 0 Å². The molecule has 0 fully saturated rings. The first kappa shape index (κ1) is 15.6. The molecule has 1 aromatic rings. The molecule has 1 aliphatic heterocycles. The van der Waals surface area contributed by atoms with Crippen LogP contribution >= 0.6 is 0 Å². The standard InChI is InChI=1S/C18H21NO4/c1-10(2)23-18(21)15-11(3)19-12-6-4-7-13(20)16(12)17(15)14-8-5-9-22-14/h5-6,8-10,16-17,19H,4,7H2,1-3H3. The lowest BCUT2D eigenvalue weighted by Crippen LogP contribution is -2.41. The van der Waals surface area contributed by atoms with Gasteiger partial charge in [0.2, 0.25) is 0 Å². The van der Waals surface area contributed by atoms with Gasteiger partial charge in [0.1, 0.15) is 11.5 Å². The quantitative estimate of drug-likeness (QED) is 0.868. The zero-order valence-electron chi connectivity index (χ0n) is 13.6. The number of hydrogen-bond acceptors (Lipinski definition) is 5. The van der Waals surface area contributed by atoms with E-state index in [9.17, 15) is 9.59 Å². The summed E-state index contributed by atoms with van der Waals surface area (Å²) in [6, 6.07) is 3.58. The molecule has 5 nitrogen and oxygen atoms in total. The molecule has 1 aliphatic carbocycles. The summed E-state index contributed by atoms with van der Waals surface area (Å²) in [6.45, 7) is 5.45. The highest BCUT2D eigenvalue weighted by Gasteiger charge is 2.44. The lowest BCUT2D eigenvalue weighted by Gasteiger charge is -2.36. The number of ether oxygens (including phenoxy) is 1. The van der Waals surface area contributed by atoms with Crippen LogP contribution in [0.5, 0.6) is 0 Å². The van der Waals surface area contributed by atoms with Crippen molar-refractivity contribution in [3.63, 3.8) is 0 Å². The van der Waals surface area contributed by atoms with Gasteiger partial charge in [-0.05, 0) is 39.3 Å². The van der Waals surface area contributed by atoms with Crippen LogP contribution in [0.3, 0.4) is 0 Å². The molecule has 0 aromatic carbocycles. The molecule has 1 aromatic heterocycles. The third-order valence-corrected chi connectivity index (χ3v) is 4.23. The van der Waals surface area contributed by atoms with Crippen molar-refractivity contribution in [2.45, 2.75) is 45.6 Å². The zero-order chi connectivity index (χ0) is 16.6. The molecule has 0 amide bonds. The smallest absolute Gasteiger partial charge is 0.336 e. The predicted octanol–water partition coefficient (Wildman–Crippen LogP) is 3.06. The Balaban J connectivity index is 2.10. The number of ketones is 1. The van der Waals surface area contributed by atoms with E-state index >= 15 is 0 Å². The number of carbonyl (C=O) groups is 2. The Labute approximate surface area is 135 Å². The maximum absolute atomic E-state index is 12.6. The molecule has 23 heavy (non-hydrogen) atoms. The molecule has 1 N–H and O–H groups in total. The number of carbonyl (C=O) groups excluding carboxylic acids is 2. The number of esters is 1. The van der Waals surface area contributed by atoms with E-state index in [2.05, 4.69) is 5.32 Å². The highest BCUT2D eigenvalue weighted by atomic mass is 16.5. The molecule has 122 valence electrons. The Morgan fingerprint density at radius 3 is 2.83 bits per heavy atom. The number of allylic oxidation sites excluding steroid dienone is 3. The molecule has 2 atom stereocenters. The van der Waals surface area contributed by atoms with Crippen LogP contribution in [0.4, 0.5) is 0 Å². The van der Waals surface area contributed by atoms with Gasteiger partial charge >= 0.3 is 5.97 Å². The van der Waals surface area contributed by atoms with E-state index < -0.39 is 17.8 Å². The summed E-state index contributed by atoms with van der Waals surface area (Å²) < 4.78 is 10.9. The van der Waals surface area contributed by atoms with Gasteiger partial charge in [0, 0.05) is 17.8 Å². The first-order chi connectivity index (χ1) is 11.0. The first-order valence-electron chi connectivity index (χ1n) is 7.94. The molecule has 0 spiro atoms. The molecule has 0 bridgehead atoms. The van der Waals surface area contributed by atoms with Crippen molar-refractivity contribution in [2.75, 3.05) is 0 Å². The molecule has 0 saturated heterocycles. The van der Waals surface area contributed by atoms with Gasteiger partial charge < -0.3 is 14.5 Å². The van der Waals surface area contributed by atoms with E-state index in [1.165, 1.54) is 0 Å². The van der Waals surface area contributed by atoms with Gasteiger partial charge in [-0.15, -0.1) is 0 Å². The monoisotopic (exact) mass is 315 g/mol. The third-order valence-electron chi connectivity index (χ3n) is 4.23. The normalized spacial score (nSPS) is 24.2. The van der Waals surface area contributed by atoms with Crippen molar-refractivity contribution in [3.8, 4) is 0 Å². The van der Waals surface area contributed by atoms with Crippen molar-refractivity contribution in [1.82, 2.24) is 5.32 Å². The fraction of sp³-hybridized carbons (Fsp3) is 0.444. The van der Waals surface area contributed by atoms with E-state index in [1.54, 1.807) is 12.3 Å². The minimum Gasteiger partial charge on any atom is -0.469 e. The largest absolute Gasteiger partial charge is 0.469 e. The SMILES string of the molecule is CC1=C(C(=O)OC(C)C)C(c2ccco2)C2C(=O)CCC=C2N1. The van der Waals surface area contributed by atoms with Crippen LogP contribution in [0.25, 0.3) is 0 Å². The van der Waals surface area contributed by atoms with Crippen LogP contribution in [-0.4, -0.2) is 17.9 Å². The Morgan fingerprint density at radius 2 is 2.17 bits per heavy atom. The molecule has 0 radical (unpaired) electrons. The average Bonchev–Trinajstić information content (AvgIpc) is 2.99. The number of hydrogen-bond donors (Lipinski definition) is 1. The topological polar surface area (TPSA) is 68.5 Å². The fourth-order valence-electron chi connectivity index (χ4n) is 3.34. The number of Topliss-reactive ketones (excluding diaryl/α,β-unsaturated/α-hetero) is 1. The minimum absolute atomic E-state index is 0.124. The Morgan fingerprint density at radius 1 is 1.39 bits per heavy atom. The van der Waals surface area contributed by atoms with E-state index in [1.807, 2.05) is 32.9 Å². The van der Waals surface area contributed by atoms with Gasteiger partial charge in [-0.3, -0.25) is 4.79 Å². The molecular formula is C18H21NO4. The van der Waals surface area contributed by atoms with Gasteiger partial charge in [0.15, 0.2) is 0 Å².